The van der Waals surface area contributed by atoms with Crippen LogP contribution in [-0.4, -0.2) is 72.4 Å². The molecule has 8 heteroatoms. The lowest BCUT2D eigenvalue weighted by Crippen LogP contribution is -2.58. The second-order valence-electron chi connectivity index (χ2n) is 5.47. The number of rotatable bonds is 5. The van der Waals surface area contributed by atoms with E-state index < -0.39 is 5.03 Å². The lowest BCUT2D eigenvalue weighted by molar-refractivity contribution is -0.486. The Morgan fingerprint density at radius 2 is 2.30 bits per heavy atom. The molecule has 0 aliphatic carbocycles. The maximum absolute atomic E-state index is 10.7. The van der Waals surface area contributed by atoms with Crippen LogP contribution in [0.2, 0.25) is 0 Å². The van der Waals surface area contributed by atoms with Gasteiger partial charge in [-0.05, 0) is 12.8 Å². The molecule has 2 fully saturated rings. The summed E-state index contributed by atoms with van der Waals surface area (Å²) >= 11 is 0. The van der Waals surface area contributed by atoms with E-state index in [1.165, 1.54) is 0 Å². The highest BCUT2D eigenvalue weighted by atomic mass is 16.7. The number of nitro groups is 1. The van der Waals surface area contributed by atoms with E-state index in [-0.39, 0.29) is 0 Å². The fourth-order valence-corrected chi connectivity index (χ4v) is 2.80. The molecule has 0 aromatic heterocycles. The van der Waals surface area contributed by atoms with E-state index in [0.717, 1.165) is 39.1 Å². The van der Waals surface area contributed by atoms with Crippen molar-refractivity contribution in [1.29, 1.82) is 0 Å². The molecule has 0 aromatic rings. The minimum Gasteiger partial charge on any atom is -0.381 e. The van der Waals surface area contributed by atoms with Crippen LogP contribution in [0.4, 0.5) is 0 Å². The Kier molecular flexibility index (Phi) is 5.13. The van der Waals surface area contributed by atoms with Gasteiger partial charge >= 0.3 is 0 Å². The highest BCUT2D eigenvalue weighted by Crippen LogP contribution is 2.17. The van der Waals surface area contributed by atoms with Gasteiger partial charge in [0.05, 0.1) is 19.9 Å². The third-order valence-electron chi connectivity index (χ3n) is 3.62. The molecule has 2 heterocycles. The van der Waals surface area contributed by atoms with Gasteiger partial charge in [0.25, 0.3) is 5.96 Å². The van der Waals surface area contributed by atoms with Crippen LogP contribution >= 0.6 is 0 Å². The molecule has 2 rings (SSSR count). The van der Waals surface area contributed by atoms with Gasteiger partial charge in [-0.3, -0.25) is 4.90 Å². The number of ether oxygens (including phenoxy) is 1. The zero-order valence-corrected chi connectivity index (χ0v) is 12.2. The average Bonchev–Trinajstić information content (AvgIpc) is 2.86. The Labute approximate surface area is 119 Å². The van der Waals surface area contributed by atoms with Gasteiger partial charge < -0.3 is 14.5 Å². The van der Waals surface area contributed by atoms with Crippen LogP contribution < -0.4 is 0 Å². The molecule has 0 saturated carbocycles. The van der Waals surface area contributed by atoms with E-state index >= 15 is 0 Å². The average molecular weight is 285 g/mol. The smallest absolute Gasteiger partial charge is 0.275 e. The van der Waals surface area contributed by atoms with Crippen molar-refractivity contribution < 1.29 is 9.77 Å². The number of hydrazone groups is 1. The topological polar surface area (TPSA) is 74.5 Å². The standard InChI is InChI=1S/C12H23N5O3/c1-3-5-15-9-14(2)12(13-17(18)19)16(10-15)7-11-4-6-20-8-11/h11H,3-10H2,1-2H3. The molecule has 114 valence electrons. The Morgan fingerprint density at radius 1 is 1.50 bits per heavy atom. The molecule has 0 radical (unpaired) electrons. The van der Waals surface area contributed by atoms with Crippen LogP contribution in [0.15, 0.2) is 5.10 Å². The quantitative estimate of drug-likeness (QED) is 0.539. The Morgan fingerprint density at radius 3 is 2.90 bits per heavy atom. The van der Waals surface area contributed by atoms with Crippen LogP contribution in [0.3, 0.4) is 0 Å². The van der Waals surface area contributed by atoms with Crippen LogP contribution in [0.25, 0.3) is 0 Å². The van der Waals surface area contributed by atoms with Gasteiger partial charge in [-0.15, -0.1) is 0 Å². The van der Waals surface area contributed by atoms with E-state index in [0.29, 0.717) is 25.2 Å². The monoisotopic (exact) mass is 285 g/mol. The maximum atomic E-state index is 10.7. The summed E-state index contributed by atoms with van der Waals surface area (Å²) in [6.45, 7) is 6.77. The summed E-state index contributed by atoms with van der Waals surface area (Å²) in [5.41, 5.74) is 0. The van der Waals surface area contributed by atoms with E-state index in [1.807, 2.05) is 16.8 Å². The van der Waals surface area contributed by atoms with Crippen LogP contribution in [-0.2, 0) is 4.74 Å². The summed E-state index contributed by atoms with van der Waals surface area (Å²) in [5.74, 6) is 0.885. The zero-order chi connectivity index (χ0) is 14.5. The van der Waals surface area contributed by atoms with Crippen molar-refractivity contribution in [2.75, 3.05) is 46.7 Å². The molecular weight excluding hydrogens is 262 g/mol. The first-order valence-electron chi connectivity index (χ1n) is 7.09. The predicted octanol–water partition coefficient (Wildman–Crippen LogP) is 0.445. The van der Waals surface area contributed by atoms with E-state index in [9.17, 15) is 10.1 Å². The molecule has 8 nitrogen and oxygen atoms in total. The minimum absolute atomic E-state index is 0.432. The van der Waals surface area contributed by atoms with Gasteiger partial charge in [-0.2, -0.15) is 0 Å². The fourth-order valence-electron chi connectivity index (χ4n) is 2.80. The minimum atomic E-state index is -0.612. The van der Waals surface area contributed by atoms with Crippen LogP contribution in [0, 0.1) is 16.0 Å². The zero-order valence-electron chi connectivity index (χ0n) is 12.2. The maximum Gasteiger partial charge on any atom is 0.275 e. The third kappa shape index (κ3) is 3.80. The van der Waals surface area contributed by atoms with Gasteiger partial charge in [-0.25, -0.2) is 10.1 Å². The lowest BCUT2D eigenvalue weighted by atomic mass is 10.1. The van der Waals surface area contributed by atoms with Crippen molar-refractivity contribution in [1.82, 2.24) is 14.7 Å². The first-order valence-corrected chi connectivity index (χ1v) is 7.09. The number of nitrogens with zero attached hydrogens (tertiary/aromatic N) is 5. The van der Waals surface area contributed by atoms with Crippen molar-refractivity contribution in [3.63, 3.8) is 0 Å². The summed E-state index contributed by atoms with van der Waals surface area (Å²) in [7, 11) is 1.85. The van der Waals surface area contributed by atoms with Gasteiger partial charge in [0.15, 0.2) is 5.03 Å². The first-order chi connectivity index (χ1) is 9.60. The number of hydrogen-bond acceptors (Lipinski definition) is 4. The normalized spacial score (nSPS) is 26.5. The summed E-state index contributed by atoms with van der Waals surface area (Å²) in [6.07, 6.45) is 2.08. The molecule has 0 bridgehead atoms. The van der Waals surface area contributed by atoms with Crippen molar-refractivity contribution in [3.05, 3.63) is 10.1 Å². The van der Waals surface area contributed by atoms with E-state index in [4.69, 9.17) is 4.74 Å². The molecule has 2 aliphatic heterocycles. The second-order valence-corrected chi connectivity index (χ2v) is 5.47. The Hall–Kier alpha value is -1.41. The SMILES string of the molecule is CCCN1CN(C)C(=N[N+](=O)[O-])N(CC2CCOC2)C1. The summed E-state index contributed by atoms with van der Waals surface area (Å²) in [6, 6.07) is 0. The molecule has 2 saturated heterocycles. The second kappa shape index (κ2) is 6.85. The predicted molar refractivity (Wildman–Crippen MR) is 74.6 cm³/mol. The molecule has 1 atom stereocenters. The molecule has 0 N–H and O–H groups in total. The molecule has 1 unspecified atom stereocenters. The van der Waals surface area contributed by atoms with Crippen LogP contribution in [0.5, 0.6) is 0 Å². The first kappa shape index (κ1) is 15.0. The van der Waals surface area contributed by atoms with Gasteiger partial charge in [0.2, 0.25) is 0 Å². The number of hydrogen-bond donors (Lipinski definition) is 0. The largest absolute Gasteiger partial charge is 0.381 e. The molecule has 0 spiro atoms. The molecule has 0 amide bonds. The Balaban J connectivity index is 2.08. The van der Waals surface area contributed by atoms with E-state index in [2.05, 4.69) is 16.9 Å². The summed E-state index contributed by atoms with van der Waals surface area (Å²) in [4.78, 5) is 16.8. The van der Waals surface area contributed by atoms with Crippen molar-refractivity contribution in [3.8, 4) is 0 Å². The third-order valence-corrected chi connectivity index (χ3v) is 3.62. The van der Waals surface area contributed by atoms with Crippen molar-refractivity contribution >= 4 is 5.96 Å². The van der Waals surface area contributed by atoms with Crippen LogP contribution in [0.1, 0.15) is 19.8 Å². The fraction of sp³-hybridized carbons (Fsp3) is 0.917. The summed E-state index contributed by atoms with van der Waals surface area (Å²) in [5, 5.41) is 13.7. The lowest BCUT2D eigenvalue weighted by Gasteiger charge is -2.42. The molecule has 2 aliphatic rings. The van der Waals surface area contributed by atoms with E-state index in [1.54, 1.807) is 0 Å². The molecule has 0 aromatic carbocycles. The Bertz CT molecular complexity index is 370. The van der Waals surface area contributed by atoms with Gasteiger partial charge in [0, 0.05) is 32.7 Å². The highest BCUT2D eigenvalue weighted by molar-refractivity contribution is 5.79. The summed E-state index contributed by atoms with van der Waals surface area (Å²) < 4.78 is 5.39. The molecule has 20 heavy (non-hydrogen) atoms. The number of guanidine groups is 1. The molecular formula is C12H23N5O3. The van der Waals surface area contributed by atoms with Crippen molar-refractivity contribution in [2.24, 2.45) is 11.0 Å². The highest BCUT2D eigenvalue weighted by Gasteiger charge is 2.31. The van der Waals surface area contributed by atoms with Crippen molar-refractivity contribution in [2.45, 2.75) is 19.8 Å². The van der Waals surface area contributed by atoms with Gasteiger partial charge in [-0.1, -0.05) is 6.92 Å². The van der Waals surface area contributed by atoms with Gasteiger partial charge in [0.1, 0.15) is 5.10 Å².